The fraction of sp³-hybridized carbons (Fsp3) is 0.300. The summed E-state index contributed by atoms with van der Waals surface area (Å²) in [7, 11) is 0. The van der Waals surface area contributed by atoms with Crippen molar-refractivity contribution in [2.45, 2.75) is 6.42 Å². The summed E-state index contributed by atoms with van der Waals surface area (Å²) in [6.07, 6.45) is 0.847. The largest absolute Gasteiger partial charge is 0.415 e. The maximum Gasteiger partial charge on any atom is 0.415 e. The molecule has 4 heteroatoms. The van der Waals surface area contributed by atoms with E-state index in [4.69, 9.17) is 4.74 Å². The first-order valence-electron chi connectivity index (χ1n) is 4.48. The van der Waals surface area contributed by atoms with Crippen molar-refractivity contribution in [2.24, 2.45) is 0 Å². The third kappa shape index (κ3) is 2.17. The molecule has 1 fully saturated rings. The number of hydrogen-bond donors (Lipinski definition) is 0. The second-order valence-electron chi connectivity index (χ2n) is 3.16. The highest BCUT2D eigenvalue weighted by Gasteiger charge is 2.21. The lowest BCUT2D eigenvalue weighted by molar-refractivity contribution is 0.125. The van der Waals surface area contributed by atoms with E-state index in [1.807, 2.05) is 12.1 Å². The second kappa shape index (κ2) is 4.16. The molecule has 0 saturated carbocycles. The molecule has 1 saturated heterocycles. The molecule has 0 N–H and O–H groups in total. The molecule has 1 aromatic carbocycles. The van der Waals surface area contributed by atoms with Gasteiger partial charge in [-0.1, -0.05) is 0 Å². The molecule has 0 unspecified atom stereocenters. The van der Waals surface area contributed by atoms with E-state index in [1.54, 1.807) is 17.0 Å². The molecule has 74 valence electrons. The minimum atomic E-state index is -0.238. The Morgan fingerprint density at radius 1 is 1.29 bits per heavy atom. The van der Waals surface area contributed by atoms with Crippen molar-refractivity contribution >= 4 is 28.7 Å². The number of rotatable bonds is 1. The lowest BCUT2D eigenvalue weighted by Crippen LogP contribution is -2.43. The van der Waals surface area contributed by atoms with Gasteiger partial charge in [0.15, 0.2) is 0 Å². The third-order valence-electron chi connectivity index (χ3n) is 2.13. The van der Waals surface area contributed by atoms with Crippen molar-refractivity contribution in [3.63, 3.8) is 0 Å². The highest BCUT2D eigenvalue weighted by Crippen LogP contribution is 2.16. The van der Waals surface area contributed by atoms with E-state index >= 15 is 0 Å². The van der Waals surface area contributed by atoms with Crippen LogP contribution in [0.1, 0.15) is 6.42 Å². The lowest BCUT2D eigenvalue weighted by atomic mass is 10.2. The third-order valence-corrected chi connectivity index (χ3v) is 2.85. The van der Waals surface area contributed by atoms with E-state index in [-0.39, 0.29) is 6.09 Å². The number of carbonyl (C=O) groups is 1. The van der Waals surface area contributed by atoms with Crippen molar-refractivity contribution in [3.8, 4) is 5.75 Å². The van der Waals surface area contributed by atoms with Gasteiger partial charge in [-0.3, -0.25) is 0 Å². The number of carbonyl (C=O) groups excluding carboxylic acids is 1. The minimum Gasteiger partial charge on any atom is -0.410 e. The van der Waals surface area contributed by atoms with Crippen LogP contribution in [0.3, 0.4) is 0 Å². The molecule has 0 atom stereocenters. The van der Waals surface area contributed by atoms with Crippen LogP contribution in [-0.4, -0.2) is 24.1 Å². The van der Waals surface area contributed by atoms with Crippen LogP contribution < -0.4 is 4.74 Å². The highest BCUT2D eigenvalue weighted by molar-refractivity contribution is 14.1. The quantitative estimate of drug-likeness (QED) is 0.746. The van der Waals surface area contributed by atoms with E-state index in [2.05, 4.69) is 22.6 Å². The van der Waals surface area contributed by atoms with E-state index in [9.17, 15) is 4.79 Å². The Morgan fingerprint density at radius 2 is 1.93 bits per heavy atom. The minimum absolute atomic E-state index is 0.238. The molecule has 1 amide bonds. The normalized spacial score (nSPS) is 14.8. The smallest absolute Gasteiger partial charge is 0.410 e. The van der Waals surface area contributed by atoms with Crippen LogP contribution in [0.25, 0.3) is 0 Å². The van der Waals surface area contributed by atoms with Gasteiger partial charge in [-0.15, -0.1) is 0 Å². The zero-order chi connectivity index (χ0) is 9.97. The molecule has 0 spiro atoms. The summed E-state index contributed by atoms with van der Waals surface area (Å²) in [5.41, 5.74) is 0. The fourth-order valence-corrected chi connectivity index (χ4v) is 1.53. The number of ether oxygens (including phenoxy) is 1. The van der Waals surface area contributed by atoms with Crippen LogP contribution in [-0.2, 0) is 0 Å². The molecule has 0 aliphatic carbocycles. The first-order valence-corrected chi connectivity index (χ1v) is 5.56. The van der Waals surface area contributed by atoms with E-state index in [0.29, 0.717) is 5.75 Å². The Bertz CT molecular complexity index is 332. The summed E-state index contributed by atoms with van der Waals surface area (Å²) in [6.45, 7) is 1.65. The Labute approximate surface area is 96.2 Å². The van der Waals surface area contributed by atoms with Gasteiger partial charge >= 0.3 is 6.09 Å². The van der Waals surface area contributed by atoms with Gasteiger partial charge in [-0.25, -0.2) is 4.79 Å². The Balaban J connectivity index is 1.96. The summed E-state index contributed by atoms with van der Waals surface area (Å²) in [5.74, 6) is 0.613. The monoisotopic (exact) mass is 303 g/mol. The van der Waals surface area contributed by atoms with Crippen molar-refractivity contribution in [1.82, 2.24) is 4.90 Å². The van der Waals surface area contributed by atoms with Crippen LogP contribution in [0.4, 0.5) is 4.79 Å². The summed E-state index contributed by atoms with van der Waals surface area (Å²) < 4.78 is 6.29. The molecule has 0 radical (unpaired) electrons. The molecule has 1 aliphatic heterocycles. The molecule has 2 rings (SSSR count). The maximum absolute atomic E-state index is 11.4. The number of hydrogen-bond acceptors (Lipinski definition) is 2. The van der Waals surface area contributed by atoms with Gasteiger partial charge < -0.3 is 9.64 Å². The maximum atomic E-state index is 11.4. The van der Waals surface area contributed by atoms with Gasteiger partial charge in [0.25, 0.3) is 0 Å². The van der Waals surface area contributed by atoms with Crippen molar-refractivity contribution in [2.75, 3.05) is 13.1 Å². The van der Waals surface area contributed by atoms with Crippen LogP contribution in [0.15, 0.2) is 24.3 Å². The Hall–Kier alpha value is -0.780. The van der Waals surface area contributed by atoms with Crippen LogP contribution >= 0.6 is 22.6 Å². The van der Waals surface area contributed by atoms with E-state index < -0.39 is 0 Å². The average molecular weight is 303 g/mol. The molecule has 1 heterocycles. The molecule has 1 aromatic rings. The zero-order valence-electron chi connectivity index (χ0n) is 7.57. The van der Waals surface area contributed by atoms with Crippen LogP contribution in [0.5, 0.6) is 5.75 Å². The topological polar surface area (TPSA) is 29.5 Å². The van der Waals surface area contributed by atoms with Gasteiger partial charge in [-0.2, -0.15) is 0 Å². The summed E-state index contributed by atoms with van der Waals surface area (Å²) in [6, 6.07) is 7.44. The second-order valence-corrected chi connectivity index (χ2v) is 4.41. The van der Waals surface area contributed by atoms with E-state index in [1.165, 1.54) is 0 Å². The van der Waals surface area contributed by atoms with Crippen molar-refractivity contribution in [1.29, 1.82) is 0 Å². The molecule has 0 bridgehead atoms. The molecule has 0 aromatic heterocycles. The standard InChI is InChI=1S/C10H10INO2/c11-8-2-4-9(5-3-8)14-10(13)12-6-1-7-12/h2-5H,1,6-7H2. The van der Waals surface area contributed by atoms with Crippen molar-refractivity contribution in [3.05, 3.63) is 27.8 Å². The Morgan fingerprint density at radius 3 is 2.43 bits per heavy atom. The van der Waals surface area contributed by atoms with Gasteiger partial charge in [0.05, 0.1) is 0 Å². The zero-order valence-corrected chi connectivity index (χ0v) is 9.73. The average Bonchev–Trinajstić information content (AvgIpc) is 2.06. The number of nitrogens with zero attached hydrogens (tertiary/aromatic N) is 1. The molecular weight excluding hydrogens is 293 g/mol. The summed E-state index contributed by atoms with van der Waals surface area (Å²) in [4.78, 5) is 13.1. The Kier molecular flexibility index (Phi) is 2.90. The van der Waals surface area contributed by atoms with Gasteiger partial charge in [0.1, 0.15) is 5.75 Å². The first kappa shape index (κ1) is 9.76. The van der Waals surface area contributed by atoms with Crippen LogP contribution in [0.2, 0.25) is 0 Å². The number of halogens is 1. The summed E-state index contributed by atoms with van der Waals surface area (Å²) in [5, 5.41) is 0. The predicted octanol–water partition coefficient (Wildman–Crippen LogP) is 2.50. The first-order chi connectivity index (χ1) is 6.75. The molecule has 1 aliphatic rings. The fourth-order valence-electron chi connectivity index (χ4n) is 1.17. The predicted molar refractivity (Wildman–Crippen MR) is 61.4 cm³/mol. The summed E-state index contributed by atoms with van der Waals surface area (Å²) >= 11 is 2.21. The molecule has 3 nitrogen and oxygen atoms in total. The SMILES string of the molecule is O=C(Oc1ccc(I)cc1)N1CCC1. The number of benzene rings is 1. The molecular formula is C10H10INO2. The van der Waals surface area contributed by atoms with Gasteiger partial charge in [-0.05, 0) is 53.3 Å². The van der Waals surface area contributed by atoms with Crippen molar-refractivity contribution < 1.29 is 9.53 Å². The highest BCUT2D eigenvalue weighted by atomic mass is 127. The number of amides is 1. The van der Waals surface area contributed by atoms with E-state index in [0.717, 1.165) is 23.1 Å². The molecule has 14 heavy (non-hydrogen) atoms. The lowest BCUT2D eigenvalue weighted by Gasteiger charge is -2.29. The van der Waals surface area contributed by atoms with Gasteiger partial charge in [0.2, 0.25) is 0 Å². The van der Waals surface area contributed by atoms with Crippen LogP contribution in [0, 0.1) is 3.57 Å². The number of likely N-dealkylation sites (tertiary alicyclic amines) is 1. The van der Waals surface area contributed by atoms with Gasteiger partial charge in [0, 0.05) is 16.7 Å².